The quantitative estimate of drug-likeness (QED) is 0.331. The topological polar surface area (TPSA) is 153 Å². The lowest BCUT2D eigenvalue weighted by Crippen LogP contribution is -2.36. The summed E-state index contributed by atoms with van der Waals surface area (Å²) in [6, 6.07) is 3.48. The van der Waals surface area contributed by atoms with E-state index in [1.807, 2.05) is 4.90 Å². The zero-order chi connectivity index (χ0) is 18.6. The van der Waals surface area contributed by atoms with Gasteiger partial charge in [-0.15, -0.1) is 0 Å². The van der Waals surface area contributed by atoms with E-state index in [0.717, 1.165) is 18.9 Å². The average Bonchev–Trinajstić information content (AvgIpc) is 2.52. The van der Waals surface area contributed by atoms with Crippen LogP contribution < -0.4 is 10.5 Å². The van der Waals surface area contributed by atoms with Crippen LogP contribution in [0.15, 0.2) is 23.1 Å². The van der Waals surface area contributed by atoms with E-state index < -0.39 is 25.7 Å². The van der Waals surface area contributed by atoms with Crippen LogP contribution in [-0.2, 0) is 20.7 Å². The first-order valence-corrected chi connectivity index (χ1v) is 10.5. The fourth-order valence-electron chi connectivity index (χ4n) is 2.74. The van der Waals surface area contributed by atoms with Crippen LogP contribution in [0.25, 0.3) is 0 Å². The van der Waals surface area contributed by atoms with Gasteiger partial charge in [-0.25, -0.2) is 22.0 Å². The minimum Gasteiger partial charge on any atom is -0.379 e. The Balaban J connectivity index is 2.00. The summed E-state index contributed by atoms with van der Waals surface area (Å²) in [7, 11) is -6.44. The van der Waals surface area contributed by atoms with Gasteiger partial charge in [-0.05, 0) is 44.0 Å². The van der Waals surface area contributed by atoms with Gasteiger partial charge in [0, 0.05) is 12.6 Å². The fraction of sp³-hybridized carbons (Fsp3) is 0.538. The Morgan fingerprint density at radius 2 is 1.96 bits per heavy atom. The molecule has 1 aromatic rings. The summed E-state index contributed by atoms with van der Waals surface area (Å²) in [6.07, 6.45) is 1.55. The highest BCUT2D eigenvalue weighted by Crippen LogP contribution is 2.28. The van der Waals surface area contributed by atoms with Gasteiger partial charge in [0.2, 0.25) is 10.0 Å². The fourth-order valence-corrected chi connectivity index (χ4v) is 3.88. The van der Waals surface area contributed by atoms with Gasteiger partial charge in [-0.3, -0.25) is 15.0 Å². The van der Waals surface area contributed by atoms with E-state index in [1.165, 1.54) is 12.1 Å². The number of anilines is 1. The van der Waals surface area contributed by atoms with Crippen LogP contribution in [0.3, 0.4) is 0 Å². The second kappa shape index (κ2) is 8.08. The molecule has 0 radical (unpaired) electrons. The number of nitrogens with one attached hydrogen (secondary N) is 1. The van der Waals surface area contributed by atoms with Gasteiger partial charge >= 0.3 is 0 Å². The molecule has 140 valence electrons. The van der Waals surface area contributed by atoms with Crippen LogP contribution in [0.2, 0.25) is 0 Å². The number of piperidine rings is 1. The van der Waals surface area contributed by atoms with Crippen molar-refractivity contribution >= 4 is 32.1 Å². The molecule has 1 aliphatic heterocycles. The monoisotopic (exact) mass is 392 g/mol. The number of benzene rings is 1. The number of hydrogen-bond acceptors (Lipinski definition) is 8. The van der Waals surface area contributed by atoms with Crippen LogP contribution in [0.5, 0.6) is 0 Å². The van der Waals surface area contributed by atoms with E-state index in [1.54, 1.807) is 0 Å². The van der Waals surface area contributed by atoms with Crippen LogP contribution in [0, 0.1) is 16.0 Å². The molecule has 0 saturated carbocycles. The zero-order valence-corrected chi connectivity index (χ0v) is 15.0. The summed E-state index contributed by atoms with van der Waals surface area (Å²) in [6.45, 7) is 1.79. The zero-order valence-electron chi connectivity index (χ0n) is 13.3. The smallest absolute Gasteiger partial charge is 0.293 e. The molecular weight excluding hydrogens is 372 g/mol. The highest BCUT2D eigenvalue weighted by Gasteiger charge is 2.22. The van der Waals surface area contributed by atoms with Crippen molar-refractivity contribution in [3.05, 3.63) is 28.3 Å². The van der Waals surface area contributed by atoms with Gasteiger partial charge < -0.3 is 5.32 Å². The number of primary sulfonamides is 1. The number of hydrogen-bond donors (Lipinski definition) is 3. The van der Waals surface area contributed by atoms with E-state index in [0.29, 0.717) is 19.6 Å². The third kappa shape index (κ3) is 5.63. The second-order valence-electron chi connectivity index (χ2n) is 5.90. The summed E-state index contributed by atoms with van der Waals surface area (Å²) in [4.78, 5) is 12.0. The highest BCUT2D eigenvalue weighted by molar-refractivity contribution is 7.89. The normalized spacial score (nSPS) is 16.9. The summed E-state index contributed by atoms with van der Waals surface area (Å²) in [5.41, 5.74) is -0.130. The van der Waals surface area contributed by atoms with E-state index in [-0.39, 0.29) is 28.1 Å². The predicted molar refractivity (Wildman–Crippen MR) is 92.4 cm³/mol. The van der Waals surface area contributed by atoms with E-state index in [4.69, 9.17) is 5.14 Å². The molecular formula is C13H20N4O6S2. The molecule has 25 heavy (non-hydrogen) atoms. The first kappa shape index (κ1) is 19.6. The average molecular weight is 392 g/mol. The number of nitrogens with zero attached hydrogens (tertiary/aromatic N) is 2. The number of thiol groups is 1. The number of nitro benzene ring substituents is 1. The van der Waals surface area contributed by atoms with Crippen molar-refractivity contribution in [2.45, 2.75) is 17.7 Å². The Morgan fingerprint density at radius 3 is 2.48 bits per heavy atom. The molecule has 0 atom stereocenters. The number of nitrogens with two attached hydrogens (primary N) is 1. The highest BCUT2D eigenvalue weighted by atomic mass is 32.2. The summed E-state index contributed by atoms with van der Waals surface area (Å²) in [5.74, 6) is 0.300. The Hall–Kier alpha value is -1.76. The van der Waals surface area contributed by atoms with Gasteiger partial charge in [0.05, 0.1) is 15.7 Å². The van der Waals surface area contributed by atoms with Crippen molar-refractivity contribution in [1.29, 1.82) is 0 Å². The van der Waals surface area contributed by atoms with Gasteiger partial charge in [0.1, 0.15) is 5.69 Å². The summed E-state index contributed by atoms with van der Waals surface area (Å²) in [5, 5.41) is 19.1. The molecule has 1 saturated heterocycles. The minimum atomic E-state index is -4.01. The largest absolute Gasteiger partial charge is 0.379 e. The molecule has 1 aliphatic rings. The lowest BCUT2D eigenvalue weighted by Gasteiger charge is -2.30. The lowest BCUT2D eigenvalue weighted by atomic mass is 9.97. The van der Waals surface area contributed by atoms with Gasteiger partial charge in [0.15, 0.2) is 10.7 Å². The summed E-state index contributed by atoms with van der Waals surface area (Å²) < 4.78 is 44.1. The maximum atomic E-state index is 11.3. The van der Waals surface area contributed by atoms with Crippen molar-refractivity contribution in [3.63, 3.8) is 0 Å². The lowest BCUT2D eigenvalue weighted by molar-refractivity contribution is -0.384. The molecule has 12 heteroatoms. The van der Waals surface area contributed by atoms with Gasteiger partial charge in [-0.2, -0.15) is 0 Å². The second-order valence-corrected chi connectivity index (χ2v) is 8.41. The van der Waals surface area contributed by atoms with Crippen molar-refractivity contribution in [2.24, 2.45) is 11.1 Å². The SMILES string of the molecule is NS(=O)(=O)c1ccc(NCC2CCN(C[SH](=O)=O)CC2)c([N+](=O)[O-])c1. The Bertz CT molecular complexity index is 808. The standard InChI is InChI=1S/C13H20N4O6S2/c14-25(22,23)11-1-2-12(13(7-11)17(18)19)15-8-10-3-5-16(6-4-10)9-24(20)21/h1-2,7,10,15,24H,3-6,8-9H2,(H2,14,22,23). The van der Waals surface area contributed by atoms with Crippen LogP contribution in [-0.4, -0.2) is 52.2 Å². The molecule has 0 amide bonds. The van der Waals surface area contributed by atoms with E-state index in [2.05, 4.69) is 5.32 Å². The maximum Gasteiger partial charge on any atom is 0.293 e. The third-order valence-corrected chi connectivity index (χ3v) is 5.64. The maximum absolute atomic E-state index is 11.3. The molecule has 10 nitrogen and oxygen atoms in total. The van der Waals surface area contributed by atoms with E-state index in [9.17, 15) is 26.9 Å². The predicted octanol–water partition coefficient (Wildman–Crippen LogP) is -0.0650. The molecule has 2 rings (SSSR count). The summed E-state index contributed by atoms with van der Waals surface area (Å²) >= 11 is 0. The molecule has 1 heterocycles. The number of likely N-dealkylation sites (tertiary alicyclic amines) is 1. The first-order chi connectivity index (χ1) is 11.7. The molecule has 1 aromatic carbocycles. The minimum absolute atomic E-state index is 0.0516. The first-order valence-electron chi connectivity index (χ1n) is 7.56. The van der Waals surface area contributed by atoms with Gasteiger partial charge in [0.25, 0.3) is 5.69 Å². The van der Waals surface area contributed by atoms with Gasteiger partial charge in [-0.1, -0.05) is 0 Å². The Morgan fingerprint density at radius 1 is 1.32 bits per heavy atom. The number of nitro groups is 1. The molecule has 0 bridgehead atoms. The van der Waals surface area contributed by atoms with Crippen LogP contribution in [0.1, 0.15) is 12.8 Å². The van der Waals surface area contributed by atoms with Crippen molar-refractivity contribution < 1.29 is 21.8 Å². The molecule has 0 unspecified atom stereocenters. The van der Waals surface area contributed by atoms with E-state index >= 15 is 0 Å². The van der Waals surface area contributed by atoms with Crippen LogP contribution in [0.4, 0.5) is 11.4 Å². The molecule has 0 aromatic heterocycles. The van der Waals surface area contributed by atoms with Crippen molar-refractivity contribution in [1.82, 2.24) is 4.90 Å². The number of rotatable bonds is 7. The molecule has 3 N–H and O–H groups in total. The Labute approximate surface area is 147 Å². The molecule has 1 fully saturated rings. The molecule has 0 spiro atoms. The van der Waals surface area contributed by atoms with Crippen molar-refractivity contribution in [3.8, 4) is 0 Å². The molecule has 0 aliphatic carbocycles. The number of sulfonamides is 1. The van der Waals surface area contributed by atoms with Crippen molar-refractivity contribution in [2.75, 3.05) is 30.8 Å². The third-order valence-electron chi connectivity index (χ3n) is 4.10. The Kier molecular flexibility index (Phi) is 6.32. The van der Waals surface area contributed by atoms with Crippen LogP contribution >= 0.6 is 0 Å².